The highest BCUT2D eigenvalue weighted by Gasteiger charge is 2.70. The van der Waals surface area contributed by atoms with Gasteiger partial charge in [0.15, 0.2) is 6.29 Å². The number of aliphatic carboxylic acids is 1. The van der Waals surface area contributed by atoms with E-state index in [1.807, 2.05) is 0 Å². The molecule has 5 fully saturated rings. The average molecular weight is 605 g/mol. The summed E-state index contributed by atoms with van der Waals surface area (Å²) in [4.78, 5) is 12.9. The average Bonchev–Trinajstić information content (AvgIpc) is 2.94. The highest BCUT2D eigenvalue weighted by atomic mass is 16.7. The Morgan fingerprint density at radius 1 is 0.930 bits per heavy atom. The van der Waals surface area contributed by atoms with Crippen LogP contribution in [0.4, 0.5) is 0 Å². The molecule has 13 atom stereocenters. The zero-order valence-corrected chi connectivity index (χ0v) is 27.1. The van der Waals surface area contributed by atoms with Crippen LogP contribution in [-0.4, -0.2) is 75.4 Å². The summed E-state index contributed by atoms with van der Waals surface area (Å²) in [5.41, 5.74) is 0.232. The molecule has 0 bridgehead atoms. The second kappa shape index (κ2) is 10.2. The first-order valence-electron chi connectivity index (χ1n) is 16.9. The van der Waals surface area contributed by atoms with E-state index in [-0.39, 0.29) is 52.8 Å². The van der Waals surface area contributed by atoms with Crippen molar-refractivity contribution < 1.29 is 39.8 Å². The van der Waals surface area contributed by atoms with Crippen molar-refractivity contribution in [1.82, 2.24) is 0 Å². The van der Waals surface area contributed by atoms with Crippen LogP contribution in [0.25, 0.3) is 0 Å². The molecule has 8 nitrogen and oxygen atoms in total. The van der Waals surface area contributed by atoms with Crippen molar-refractivity contribution in [2.24, 2.45) is 50.2 Å². The van der Waals surface area contributed by atoms with E-state index in [9.17, 15) is 30.3 Å². The van der Waals surface area contributed by atoms with Crippen LogP contribution in [0.3, 0.4) is 0 Å². The highest BCUT2D eigenvalue weighted by Crippen LogP contribution is 2.76. The van der Waals surface area contributed by atoms with Gasteiger partial charge in [0, 0.05) is 5.41 Å². The maximum Gasteiger partial charge on any atom is 0.310 e. The Morgan fingerprint density at radius 2 is 1.63 bits per heavy atom. The van der Waals surface area contributed by atoms with Gasteiger partial charge in [-0.3, -0.25) is 4.79 Å². The Balaban J connectivity index is 1.32. The highest BCUT2D eigenvalue weighted by molar-refractivity contribution is 5.76. The van der Waals surface area contributed by atoms with E-state index in [1.54, 1.807) is 0 Å². The van der Waals surface area contributed by atoms with Crippen molar-refractivity contribution in [2.45, 2.75) is 136 Å². The largest absolute Gasteiger partial charge is 0.481 e. The van der Waals surface area contributed by atoms with Crippen molar-refractivity contribution in [3.8, 4) is 0 Å². The molecule has 0 aromatic heterocycles. The summed E-state index contributed by atoms with van der Waals surface area (Å²) in [6.45, 7) is 13.9. The lowest BCUT2D eigenvalue weighted by molar-refractivity contribution is -0.312. The molecule has 5 N–H and O–H groups in total. The fourth-order valence-corrected chi connectivity index (χ4v) is 11.9. The minimum absolute atomic E-state index is 0.0154. The SMILES string of the molecule is CC1(C)CC[C@]2(C(=O)O)CC[C@]3(C)C(=CC[C@H]4[C@@]5(C)CC[C@H](O[C@@H]6OC[C@H](O)[C@H](O)[C@@H]6O)[C@@](C)(CO)[C@@H]5CC[C@]43C)[C@H]2C1. The predicted octanol–water partition coefficient (Wildman–Crippen LogP) is 4.67. The van der Waals surface area contributed by atoms with E-state index >= 15 is 0 Å². The second-order valence-corrected chi connectivity index (χ2v) is 17.3. The molecular weight excluding hydrogens is 548 g/mol. The molecular formula is C35H56O8. The fourth-order valence-electron chi connectivity index (χ4n) is 11.9. The molecule has 4 saturated carbocycles. The molecule has 0 aromatic rings. The molecule has 0 amide bonds. The van der Waals surface area contributed by atoms with Crippen LogP contribution in [0.1, 0.15) is 106 Å². The van der Waals surface area contributed by atoms with E-state index in [0.29, 0.717) is 12.3 Å². The zero-order valence-electron chi connectivity index (χ0n) is 27.1. The number of aliphatic hydroxyl groups is 4. The number of ether oxygens (including phenoxy) is 2. The summed E-state index contributed by atoms with van der Waals surface area (Å²) in [6, 6.07) is 0. The molecule has 6 rings (SSSR count). The monoisotopic (exact) mass is 604 g/mol. The van der Waals surface area contributed by atoms with Crippen molar-refractivity contribution in [2.75, 3.05) is 13.2 Å². The summed E-state index contributed by atoms with van der Waals surface area (Å²) in [6.07, 6.45) is 6.03. The first-order chi connectivity index (χ1) is 20.0. The fraction of sp³-hybridized carbons (Fsp3) is 0.914. The molecule has 1 aliphatic heterocycles. The summed E-state index contributed by atoms with van der Waals surface area (Å²) >= 11 is 0. The number of rotatable bonds is 4. The first kappa shape index (κ1) is 31.9. The number of carboxylic acids is 1. The molecule has 1 saturated heterocycles. The summed E-state index contributed by atoms with van der Waals surface area (Å²) in [7, 11) is 0. The Labute approximate surface area is 257 Å². The maximum absolute atomic E-state index is 12.9. The van der Waals surface area contributed by atoms with Gasteiger partial charge in [-0.05, 0) is 104 Å². The van der Waals surface area contributed by atoms with Crippen LogP contribution in [0.5, 0.6) is 0 Å². The lowest BCUT2D eigenvalue weighted by Gasteiger charge is -2.71. The number of allylic oxidation sites excluding steroid dienone is 2. The van der Waals surface area contributed by atoms with Crippen molar-refractivity contribution in [1.29, 1.82) is 0 Å². The minimum atomic E-state index is -1.36. The molecule has 5 aliphatic carbocycles. The topological polar surface area (TPSA) is 137 Å². The maximum atomic E-state index is 12.9. The lowest BCUT2D eigenvalue weighted by Crippen LogP contribution is -2.66. The van der Waals surface area contributed by atoms with Gasteiger partial charge in [0.05, 0.1) is 24.7 Å². The van der Waals surface area contributed by atoms with E-state index in [1.165, 1.54) is 5.57 Å². The lowest BCUT2D eigenvalue weighted by atomic mass is 9.33. The van der Waals surface area contributed by atoms with Crippen molar-refractivity contribution in [3.63, 3.8) is 0 Å². The molecule has 43 heavy (non-hydrogen) atoms. The summed E-state index contributed by atoms with van der Waals surface area (Å²) in [5.74, 6) is 0.0529. The second-order valence-electron chi connectivity index (χ2n) is 17.3. The van der Waals surface area contributed by atoms with Crippen molar-refractivity contribution in [3.05, 3.63) is 11.6 Å². The van der Waals surface area contributed by atoms with Gasteiger partial charge in [-0.1, -0.05) is 53.2 Å². The van der Waals surface area contributed by atoms with Gasteiger partial charge in [-0.25, -0.2) is 0 Å². The normalized spacial score (nSPS) is 54.3. The van der Waals surface area contributed by atoms with Crippen LogP contribution >= 0.6 is 0 Å². The number of carboxylic acid groups (broad SMARTS) is 1. The van der Waals surface area contributed by atoms with Gasteiger partial charge in [-0.15, -0.1) is 0 Å². The molecule has 6 aliphatic rings. The molecule has 0 spiro atoms. The Bertz CT molecular complexity index is 1150. The van der Waals surface area contributed by atoms with Gasteiger partial charge in [-0.2, -0.15) is 0 Å². The first-order valence-corrected chi connectivity index (χ1v) is 16.9. The molecule has 0 radical (unpaired) electrons. The number of hydrogen-bond donors (Lipinski definition) is 5. The summed E-state index contributed by atoms with van der Waals surface area (Å²) in [5, 5.41) is 52.3. The third kappa shape index (κ3) is 4.32. The van der Waals surface area contributed by atoms with Crippen LogP contribution in [0.15, 0.2) is 11.6 Å². The van der Waals surface area contributed by atoms with Gasteiger partial charge >= 0.3 is 5.97 Å². The number of aliphatic hydroxyl groups excluding tert-OH is 4. The number of hydrogen-bond acceptors (Lipinski definition) is 7. The quantitative estimate of drug-likeness (QED) is 0.231. The van der Waals surface area contributed by atoms with Gasteiger partial charge in [0.25, 0.3) is 0 Å². The third-order valence-corrected chi connectivity index (χ3v) is 14.9. The summed E-state index contributed by atoms with van der Waals surface area (Å²) < 4.78 is 12.0. The Kier molecular flexibility index (Phi) is 7.60. The molecule has 244 valence electrons. The zero-order chi connectivity index (χ0) is 31.4. The van der Waals surface area contributed by atoms with E-state index in [2.05, 4.69) is 47.6 Å². The predicted molar refractivity (Wildman–Crippen MR) is 161 cm³/mol. The van der Waals surface area contributed by atoms with E-state index < -0.39 is 41.4 Å². The van der Waals surface area contributed by atoms with Gasteiger partial charge in [0.2, 0.25) is 0 Å². The number of fused-ring (bicyclic) bond motifs is 7. The molecule has 8 heteroatoms. The Hall–Kier alpha value is -1.03. The van der Waals surface area contributed by atoms with Crippen LogP contribution < -0.4 is 0 Å². The van der Waals surface area contributed by atoms with E-state index in [0.717, 1.165) is 57.8 Å². The van der Waals surface area contributed by atoms with Crippen LogP contribution in [0.2, 0.25) is 0 Å². The molecule has 0 aromatic carbocycles. The third-order valence-electron chi connectivity index (χ3n) is 14.9. The van der Waals surface area contributed by atoms with Crippen molar-refractivity contribution >= 4 is 5.97 Å². The minimum Gasteiger partial charge on any atom is -0.481 e. The van der Waals surface area contributed by atoms with Crippen LogP contribution in [-0.2, 0) is 14.3 Å². The molecule has 1 heterocycles. The van der Waals surface area contributed by atoms with Gasteiger partial charge < -0.3 is 35.0 Å². The smallest absolute Gasteiger partial charge is 0.310 e. The molecule has 0 unspecified atom stereocenters. The number of carbonyl (C=O) groups is 1. The van der Waals surface area contributed by atoms with Crippen LogP contribution in [0, 0.1) is 50.2 Å². The van der Waals surface area contributed by atoms with E-state index in [4.69, 9.17) is 9.47 Å². The standard InChI is InChI=1S/C35H56O8/c1-30(2)13-15-35(29(40)41)16-14-33(5)20(21(35)17-30)7-8-24-31(3)11-10-25(43-28-27(39)26(38)22(37)18-42-28)32(4,19-36)23(31)9-12-34(24,33)6/h7,21-28,36-39H,8-19H2,1-6H3,(H,40,41)/t21-,22+,23-,24+,25+,26+,27+,28+,31+,32+,33-,34-,35+/m1/s1. The Morgan fingerprint density at radius 3 is 2.30 bits per heavy atom. The van der Waals surface area contributed by atoms with Gasteiger partial charge in [0.1, 0.15) is 18.3 Å².